The summed E-state index contributed by atoms with van der Waals surface area (Å²) >= 11 is 3.20. The lowest BCUT2D eigenvalue weighted by atomic mass is 10.3. The number of ether oxygens (including phenoxy) is 1. The van der Waals surface area contributed by atoms with Gasteiger partial charge in [-0.1, -0.05) is 0 Å². The third-order valence-corrected chi connectivity index (χ3v) is 2.90. The molecule has 0 bridgehead atoms. The van der Waals surface area contributed by atoms with Gasteiger partial charge in [-0.15, -0.1) is 0 Å². The summed E-state index contributed by atoms with van der Waals surface area (Å²) in [5.41, 5.74) is 0. The zero-order valence-corrected chi connectivity index (χ0v) is 11.0. The number of nitrogens with one attached hydrogen (secondary N) is 1. The second-order valence-corrected chi connectivity index (χ2v) is 4.48. The van der Waals surface area contributed by atoms with Gasteiger partial charge in [0.2, 0.25) is 0 Å². The smallest absolute Gasteiger partial charge is 0.405 e. The number of pyridine rings is 1. The number of halogens is 1. The molecule has 1 aromatic heterocycles. The third kappa shape index (κ3) is 2.37. The van der Waals surface area contributed by atoms with Crippen LogP contribution in [0.4, 0.5) is 10.6 Å². The first-order valence-corrected chi connectivity index (χ1v) is 5.84. The Kier molecular flexibility index (Phi) is 3.37. The van der Waals surface area contributed by atoms with E-state index < -0.39 is 18.0 Å². The third-order valence-electron chi connectivity index (χ3n) is 2.45. The summed E-state index contributed by atoms with van der Waals surface area (Å²) in [6, 6.07) is 2.40. The lowest BCUT2D eigenvalue weighted by Gasteiger charge is -2.18. The Hall–Kier alpha value is -1.83. The van der Waals surface area contributed by atoms with Gasteiger partial charge >= 0.3 is 6.09 Å². The van der Waals surface area contributed by atoms with Gasteiger partial charge in [0.15, 0.2) is 11.6 Å². The van der Waals surface area contributed by atoms with Crippen molar-refractivity contribution in [3.63, 3.8) is 0 Å². The molecule has 0 spiro atoms. The maximum Gasteiger partial charge on any atom is 0.405 e. The molecule has 2 heterocycles. The molecule has 0 radical (unpaired) electrons. The van der Waals surface area contributed by atoms with E-state index in [4.69, 9.17) is 9.84 Å². The predicted molar refractivity (Wildman–Crippen MR) is 65.8 cm³/mol. The van der Waals surface area contributed by atoms with Crippen LogP contribution in [0.15, 0.2) is 16.7 Å². The molecule has 0 fully saturated rings. The number of carbonyl (C=O) groups excluding carboxylic acids is 1. The Morgan fingerprint density at radius 2 is 2.39 bits per heavy atom. The normalized spacial score (nSPS) is 18.7. The van der Waals surface area contributed by atoms with Crippen molar-refractivity contribution in [3.8, 4) is 5.75 Å². The Morgan fingerprint density at radius 3 is 3.06 bits per heavy atom. The monoisotopic (exact) mass is 315 g/mol. The van der Waals surface area contributed by atoms with Gasteiger partial charge in [-0.2, -0.15) is 0 Å². The van der Waals surface area contributed by atoms with Gasteiger partial charge in [0.25, 0.3) is 5.91 Å². The van der Waals surface area contributed by atoms with Crippen molar-refractivity contribution in [1.82, 2.24) is 10.3 Å². The van der Waals surface area contributed by atoms with E-state index in [-0.39, 0.29) is 6.61 Å². The number of anilines is 1. The molecule has 2 amide bonds. The number of aromatic nitrogens is 1. The highest BCUT2D eigenvalue weighted by Crippen LogP contribution is 2.29. The standard InChI is InChI=1S/C10H10BrN3O4/c1-14-8-6(2-3-7(11)13-8)18-4-5(9(14)15)12-10(16)17/h2-3,5,12H,4H2,1H3,(H,16,17). The molecule has 8 heteroatoms. The number of carbonyl (C=O) groups is 2. The van der Waals surface area contributed by atoms with Gasteiger partial charge in [-0.05, 0) is 28.1 Å². The number of hydrogen-bond acceptors (Lipinski definition) is 4. The maximum absolute atomic E-state index is 12.0. The number of amides is 2. The van der Waals surface area contributed by atoms with Gasteiger partial charge in [0.05, 0.1) is 0 Å². The van der Waals surface area contributed by atoms with Crippen LogP contribution < -0.4 is 15.0 Å². The van der Waals surface area contributed by atoms with Crippen molar-refractivity contribution in [2.75, 3.05) is 18.6 Å². The molecule has 2 rings (SSSR count). The fourth-order valence-electron chi connectivity index (χ4n) is 1.60. The highest BCUT2D eigenvalue weighted by atomic mass is 79.9. The van der Waals surface area contributed by atoms with Crippen molar-refractivity contribution >= 4 is 33.7 Å². The van der Waals surface area contributed by atoms with E-state index in [1.807, 2.05) is 0 Å². The molecule has 18 heavy (non-hydrogen) atoms. The maximum atomic E-state index is 12.0. The van der Waals surface area contributed by atoms with Gasteiger partial charge in [-0.25, -0.2) is 9.78 Å². The Balaban J connectivity index is 2.33. The minimum atomic E-state index is -1.27. The first-order chi connectivity index (χ1) is 8.49. The van der Waals surface area contributed by atoms with Gasteiger partial charge < -0.3 is 15.2 Å². The molecular weight excluding hydrogens is 306 g/mol. The summed E-state index contributed by atoms with van der Waals surface area (Å²) in [6.45, 7) is -0.0637. The fourth-order valence-corrected chi connectivity index (χ4v) is 1.90. The lowest BCUT2D eigenvalue weighted by Crippen LogP contribution is -2.49. The highest BCUT2D eigenvalue weighted by Gasteiger charge is 2.31. The molecule has 1 unspecified atom stereocenters. The SMILES string of the molecule is CN1C(=O)C(NC(=O)O)COc2ccc(Br)nc21. The zero-order valence-electron chi connectivity index (χ0n) is 9.38. The molecule has 1 aliphatic heterocycles. The summed E-state index contributed by atoms with van der Waals surface area (Å²) in [4.78, 5) is 28.0. The summed E-state index contributed by atoms with van der Waals surface area (Å²) in [6.07, 6.45) is -1.27. The molecular formula is C10H10BrN3O4. The zero-order chi connectivity index (χ0) is 13.3. The molecule has 1 atom stereocenters. The van der Waals surface area contributed by atoms with E-state index in [2.05, 4.69) is 26.2 Å². The van der Waals surface area contributed by atoms with Gasteiger partial charge in [-0.3, -0.25) is 9.69 Å². The van der Waals surface area contributed by atoms with Crippen LogP contribution in [0, 0.1) is 0 Å². The molecule has 0 saturated carbocycles. The largest absolute Gasteiger partial charge is 0.487 e. The summed E-state index contributed by atoms with van der Waals surface area (Å²) in [7, 11) is 1.52. The van der Waals surface area contributed by atoms with Crippen LogP contribution in [0.2, 0.25) is 0 Å². The molecule has 0 saturated heterocycles. The Morgan fingerprint density at radius 1 is 1.67 bits per heavy atom. The predicted octanol–water partition coefficient (Wildman–Crippen LogP) is 0.835. The molecule has 1 aromatic rings. The summed E-state index contributed by atoms with van der Waals surface area (Å²) in [5.74, 6) is 0.370. The van der Waals surface area contributed by atoms with Crippen LogP contribution in [-0.2, 0) is 4.79 Å². The lowest BCUT2D eigenvalue weighted by molar-refractivity contribution is -0.120. The average Bonchev–Trinajstić information content (AvgIpc) is 2.42. The molecule has 2 N–H and O–H groups in total. The van der Waals surface area contributed by atoms with Crippen LogP contribution in [0.3, 0.4) is 0 Å². The van der Waals surface area contributed by atoms with Crippen LogP contribution in [0.25, 0.3) is 0 Å². The van der Waals surface area contributed by atoms with Crippen molar-refractivity contribution < 1.29 is 19.4 Å². The molecule has 0 aliphatic carbocycles. The van der Waals surface area contributed by atoms with E-state index >= 15 is 0 Å². The van der Waals surface area contributed by atoms with Crippen LogP contribution in [0.5, 0.6) is 5.75 Å². The number of hydrogen-bond donors (Lipinski definition) is 2. The number of likely N-dealkylation sites (N-methyl/N-ethyl adjacent to an activating group) is 1. The Labute approximate surface area is 111 Å². The molecule has 7 nitrogen and oxygen atoms in total. The first kappa shape index (κ1) is 12.6. The van der Waals surface area contributed by atoms with Crippen LogP contribution >= 0.6 is 15.9 Å². The Bertz CT molecular complexity index is 508. The van der Waals surface area contributed by atoms with E-state index in [0.29, 0.717) is 16.2 Å². The first-order valence-electron chi connectivity index (χ1n) is 5.05. The van der Waals surface area contributed by atoms with Gasteiger partial charge in [0, 0.05) is 7.05 Å². The van der Waals surface area contributed by atoms with E-state index in [0.717, 1.165) is 0 Å². The molecule has 96 valence electrons. The minimum absolute atomic E-state index is 0.0637. The van der Waals surface area contributed by atoms with Crippen LogP contribution in [0.1, 0.15) is 0 Å². The van der Waals surface area contributed by atoms with Crippen LogP contribution in [-0.4, -0.2) is 41.8 Å². The van der Waals surface area contributed by atoms with E-state index in [1.54, 1.807) is 12.1 Å². The second-order valence-electron chi connectivity index (χ2n) is 3.67. The van der Waals surface area contributed by atoms with Gasteiger partial charge in [0.1, 0.15) is 17.3 Å². The average molecular weight is 316 g/mol. The van der Waals surface area contributed by atoms with Crippen molar-refractivity contribution in [2.45, 2.75) is 6.04 Å². The summed E-state index contributed by atoms with van der Waals surface area (Å²) in [5, 5.41) is 10.8. The fraction of sp³-hybridized carbons (Fsp3) is 0.300. The topological polar surface area (TPSA) is 91.8 Å². The number of carboxylic acid groups (broad SMARTS) is 1. The number of nitrogens with zero attached hydrogens (tertiary/aromatic N) is 2. The molecule has 0 aromatic carbocycles. The van der Waals surface area contributed by atoms with Crippen molar-refractivity contribution in [1.29, 1.82) is 0 Å². The van der Waals surface area contributed by atoms with Crippen molar-refractivity contribution in [3.05, 3.63) is 16.7 Å². The van der Waals surface area contributed by atoms with Crippen molar-refractivity contribution in [2.24, 2.45) is 0 Å². The summed E-state index contributed by atoms with van der Waals surface area (Å²) < 4.78 is 5.95. The molecule has 1 aliphatic rings. The second kappa shape index (κ2) is 4.81. The minimum Gasteiger partial charge on any atom is -0.487 e. The van der Waals surface area contributed by atoms with E-state index in [9.17, 15) is 9.59 Å². The number of fused-ring (bicyclic) bond motifs is 1. The number of rotatable bonds is 1. The highest BCUT2D eigenvalue weighted by molar-refractivity contribution is 9.10. The van der Waals surface area contributed by atoms with E-state index in [1.165, 1.54) is 11.9 Å². The quantitative estimate of drug-likeness (QED) is 0.749.